The van der Waals surface area contributed by atoms with E-state index in [2.05, 4.69) is 10.3 Å². The lowest BCUT2D eigenvalue weighted by Gasteiger charge is -2.18. The molecule has 0 saturated heterocycles. The monoisotopic (exact) mass is 409 g/mol. The van der Waals surface area contributed by atoms with Crippen LogP contribution in [-0.4, -0.2) is 42.1 Å². The SMILES string of the molecule is CCN(CC)S(=O)(=O)c1ccc(-c2csc(NC(O)C3CCCC3)n2)cc1. The van der Waals surface area contributed by atoms with Gasteiger partial charge in [-0.3, -0.25) is 0 Å². The van der Waals surface area contributed by atoms with Gasteiger partial charge in [-0.1, -0.05) is 38.8 Å². The van der Waals surface area contributed by atoms with E-state index in [1.165, 1.54) is 28.5 Å². The second kappa shape index (κ2) is 8.68. The quantitative estimate of drug-likeness (QED) is 0.649. The molecule has 8 heteroatoms. The van der Waals surface area contributed by atoms with E-state index in [1.807, 2.05) is 19.2 Å². The first-order chi connectivity index (χ1) is 13.0. The standard InChI is InChI=1S/C19H27N3O3S2/c1-3-22(4-2)27(24,25)16-11-9-14(10-12-16)17-13-26-19(20-17)21-18(23)15-7-5-6-8-15/h9-13,15,18,23H,3-8H2,1-2H3,(H,20,21). The van der Waals surface area contributed by atoms with Gasteiger partial charge in [-0.2, -0.15) is 4.31 Å². The van der Waals surface area contributed by atoms with E-state index in [1.54, 1.807) is 24.3 Å². The highest BCUT2D eigenvalue weighted by Gasteiger charge is 2.24. The summed E-state index contributed by atoms with van der Waals surface area (Å²) in [5.74, 6) is 0.293. The first-order valence-electron chi connectivity index (χ1n) is 9.46. The third-order valence-corrected chi connectivity index (χ3v) is 7.95. The molecule has 1 unspecified atom stereocenters. The fourth-order valence-corrected chi connectivity index (χ4v) is 5.71. The number of aliphatic hydroxyl groups excluding tert-OH is 1. The van der Waals surface area contributed by atoms with E-state index in [0.717, 1.165) is 24.1 Å². The molecule has 0 amide bonds. The number of sulfonamides is 1. The van der Waals surface area contributed by atoms with Crippen LogP contribution in [0.2, 0.25) is 0 Å². The topological polar surface area (TPSA) is 82.5 Å². The second-order valence-electron chi connectivity index (χ2n) is 6.79. The molecule has 0 bridgehead atoms. The normalized spacial score (nSPS) is 16.7. The van der Waals surface area contributed by atoms with Crippen LogP contribution in [0.15, 0.2) is 34.5 Å². The summed E-state index contributed by atoms with van der Waals surface area (Å²) in [7, 11) is -3.45. The number of aromatic nitrogens is 1. The number of hydrogen-bond acceptors (Lipinski definition) is 6. The third kappa shape index (κ3) is 4.51. The summed E-state index contributed by atoms with van der Waals surface area (Å²) in [6, 6.07) is 6.82. The van der Waals surface area contributed by atoms with Crippen LogP contribution in [0.1, 0.15) is 39.5 Å². The van der Waals surface area contributed by atoms with Crippen LogP contribution in [0, 0.1) is 5.92 Å². The highest BCUT2D eigenvalue weighted by Crippen LogP contribution is 2.31. The average Bonchev–Trinajstić information content (AvgIpc) is 3.35. The summed E-state index contributed by atoms with van der Waals surface area (Å²) in [5, 5.41) is 16.0. The van der Waals surface area contributed by atoms with E-state index in [9.17, 15) is 13.5 Å². The van der Waals surface area contributed by atoms with E-state index in [0.29, 0.717) is 29.0 Å². The van der Waals surface area contributed by atoms with Crippen molar-refractivity contribution in [2.24, 2.45) is 5.92 Å². The van der Waals surface area contributed by atoms with Gasteiger partial charge < -0.3 is 10.4 Å². The van der Waals surface area contributed by atoms with Crippen molar-refractivity contribution in [1.29, 1.82) is 0 Å². The average molecular weight is 410 g/mol. The molecule has 0 spiro atoms. The Morgan fingerprint density at radius 1 is 1.22 bits per heavy atom. The molecule has 0 aliphatic heterocycles. The van der Waals surface area contributed by atoms with Gasteiger partial charge in [-0.15, -0.1) is 11.3 Å². The Bertz CT molecular complexity index is 839. The summed E-state index contributed by atoms with van der Waals surface area (Å²) in [6.45, 7) is 4.56. The lowest BCUT2D eigenvalue weighted by Crippen LogP contribution is -2.30. The maximum absolute atomic E-state index is 12.6. The molecule has 1 heterocycles. The number of rotatable bonds is 8. The second-order valence-corrected chi connectivity index (χ2v) is 9.58. The minimum atomic E-state index is -3.45. The van der Waals surface area contributed by atoms with Crippen molar-refractivity contribution in [3.63, 3.8) is 0 Å². The predicted molar refractivity (Wildman–Crippen MR) is 109 cm³/mol. The fraction of sp³-hybridized carbons (Fsp3) is 0.526. The Labute approximate surface area is 165 Å². The van der Waals surface area contributed by atoms with E-state index in [-0.39, 0.29) is 0 Å². The molecule has 1 fully saturated rings. The number of thiazole rings is 1. The van der Waals surface area contributed by atoms with Gasteiger partial charge in [0.05, 0.1) is 10.6 Å². The van der Waals surface area contributed by atoms with Crippen LogP contribution in [0.5, 0.6) is 0 Å². The van der Waals surface area contributed by atoms with Crippen LogP contribution in [0.3, 0.4) is 0 Å². The van der Waals surface area contributed by atoms with E-state index >= 15 is 0 Å². The van der Waals surface area contributed by atoms with Crippen LogP contribution >= 0.6 is 11.3 Å². The molecule has 27 heavy (non-hydrogen) atoms. The highest BCUT2D eigenvalue weighted by molar-refractivity contribution is 7.89. The van der Waals surface area contributed by atoms with Crippen LogP contribution in [0.25, 0.3) is 11.3 Å². The Balaban J connectivity index is 1.71. The van der Waals surface area contributed by atoms with E-state index < -0.39 is 16.3 Å². The summed E-state index contributed by atoms with van der Waals surface area (Å²) in [4.78, 5) is 4.83. The molecule has 3 rings (SSSR count). The Morgan fingerprint density at radius 2 is 1.85 bits per heavy atom. The number of anilines is 1. The van der Waals surface area contributed by atoms with Gasteiger partial charge in [-0.05, 0) is 25.0 Å². The van der Waals surface area contributed by atoms with Crippen molar-refractivity contribution < 1.29 is 13.5 Å². The zero-order valence-electron chi connectivity index (χ0n) is 15.8. The van der Waals surface area contributed by atoms with Crippen molar-refractivity contribution in [3.05, 3.63) is 29.6 Å². The van der Waals surface area contributed by atoms with Gasteiger partial charge >= 0.3 is 0 Å². The molecule has 148 valence electrons. The van der Waals surface area contributed by atoms with Gasteiger partial charge in [0, 0.05) is 30.0 Å². The fourth-order valence-electron chi connectivity index (χ4n) is 3.50. The molecule has 0 radical (unpaired) electrons. The van der Waals surface area contributed by atoms with Crippen molar-refractivity contribution in [2.75, 3.05) is 18.4 Å². The predicted octanol–water partition coefficient (Wildman–Crippen LogP) is 3.76. The Morgan fingerprint density at radius 3 is 2.44 bits per heavy atom. The van der Waals surface area contributed by atoms with Crippen molar-refractivity contribution in [2.45, 2.75) is 50.7 Å². The molecule has 1 saturated carbocycles. The van der Waals surface area contributed by atoms with Gasteiger partial charge in [0.25, 0.3) is 0 Å². The molecular formula is C19H27N3O3S2. The molecule has 1 aliphatic carbocycles. The number of aliphatic hydroxyl groups is 1. The lowest BCUT2D eigenvalue weighted by molar-refractivity contribution is 0.137. The smallest absolute Gasteiger partial charge is 0.243 e. The summed E-state index contributed by atoms with van der Waals surface area (Å²) in [5.41, 5.74) is 1.63. The van der Waals surface area contributed by atoms with Gasteiger partial charge in [-0.25, -0.2) is 13.4 Å². The summed E-state index contributed by atoms with van der Waals surface area (Å²) >= 11 is 1.44. The van der Waals surface area contributed by atoms with E-state index in [4.69, 9.17) is 0 Å². The molecule has 2 N–H and O–H groups in total. The molecular weight excluding hydrogens is 382 g/mol. The van der Waals surface area contributed by atoms with Crippen LogP contribution in [-0.2, 0) is 10.0 Å². The van der Waals surface area contributed by atoms with Crippen LogP contribution in [0.4, 0.5) is 5.13 Å². The summed E-state index contributed by atoms with van der Waals surface area (Å²) in [6.07, 6.45) is 3.89. The molecule has 1 aromatic carbocycles. The molecule has 6 nitrogen and oxygen atoms in total. The van der Waals surface area contributed by atoms with Crippen LogP contribution < -0.4 is 5.32 Å². The number of nitrogens with zero attached hydrogens (tertiary/aromatic N) is 2. The van der Waals surface area contributed by atoms with Gasteiger partial charge in [0.1, 0.15) is 6.23 Å². The minimum Gasteiger partial charge on any atom is -0.373 e. The van der Waals surface area contributed by atoms with Gasteiger partial charge in [0.2, 0.25) is 10.0 Å². The van der Waals surface area contributed by atoms with Crippen molar-refractivity contribution in [1.82, 2.24) is 9.29 Å². The van der Waals surface area contributed by atoms with Gasteiger partial charge in [0.15, 0.2) is 5.13 Å². The molecule has 1 aromatic heterocycles. The Hall–Kier alpha value is -1.48. The summed E-state index contributed by atoms with van der Waals surface area (Å²) < 4.78 is 26.6. The molecule has 1 atom stereocenters. The number of nitrogens with one attached hydrogen (secondary N) is 1. The first kappa shape index (κ1) is 20.3. The molecule has 2 aromatic rings. The zero-order valence-corrected chi connectivity index (χ0v) is 17.4. The largest absolute Gasteiger partial charge is 0.373 e. The number of benzene rings is 1. The number of hydrogen-bond donors (Lipinski definition) is 2. The molecule has 1 aliphatic rings. The Kier molecular flexibility index (Phi) is 6.52. The maximum atomic E-state index is 12.6. The first-order valence-corrected chi connectivity index (χ1v) is 11.8. The lowest BCUT2D eigenvalue weighted by atomic mass is 10.1. The maximum Gasteiger partial charge on any atom is 0.243 e. The highest BCUT2D eigenvalue weighted by atomic mass is 32.2. The minimum absolute atomic E-state index is 0.292. The van der Waals surface area contributed by atoms with Crippen molar-refractivity contribution >= 4 is 26.5 Å². The zero-order chi connectivity index (χ0) is 19.4. The van der Waals surface area contributed by atoms with Crippen molar-refractivity contribution in [3.8, 4) is 11.3 Å². The third-order valence-electron chi connectivity index (χ3n) is 5.12.